The van der Waals surface area contributed by atoms with Crippen LogP contribution < -0.4 is 5.32 Å². The molecule has 2 aliphatic carbocycles. The van der Waals surface area contributed by atoms with E-state index in [0.717, 1.165) is 12.8 Å². The molecule has 4 nitrogen and oxygen atoms in total. The van der Waals surface area contributed by atoms with Gasteiger partial charge < -0.3 is 5.32 Å². The maximum atomic E-state index is 12.2. The average Bonchev–Trinajstić information content (AvgIpc) is 2.86. The molecule has 0 saturated heterocycles. The molecule has 1 N–H and O–H groups in total. The van der Waals surface area contributed by atoms with Crippen molar-refractivity contribution in [1.29, 1.82) is 0 Å². The minimum Gasteiger partial charge on any atom is -0.323 e. The van der Waals surface area contributed by atoms with Gasteiger partial charge in [0.2, 0.25) is 5.91 Å². The van der Waals surface area contributed by atoms with Crippen LogP contribution in [0.4, 0.5) is 5.69 Å². The van der Waals surface area contributed by atoms with Gasteiger partial charge >= 0.3 is 0 Å². The molecule has 0 radical (unpaired) electrons. The van der Waals surface area contributed by atoms with E-state index in [1.165, 1.54) is 18.6 Å². The summed E-state index contributed by atoms with van der Waals surface area (Å²) < 4.78 is 22.6. The van der Waals surface area contributed by atoms with E-state index in [0.29, 0.717) is 11.8 Å². The first kappa shape index (κ1) is 15.4. The van der Waals surface area contributed by atoms with Gasteiger partial charge in [-0.15, -0.1) is 0 Å². The third-order valence-electron chi connectivity index (χ3n) is 4.25. The van der Waals surface area contributed by atoms with Crippen molar-refractivity contribution in [3.05, 3.63) is 22.2 Å². The Morgan fingerprint density at radius 1 is 1.14 bits per heavy atom. The normalized spacial score (nSPS) is 27.3. The summed E-state index contributed by atoms with van der Waals surface area (Å²) in [5, 5.41) is 2.82. The highest BCUT2D eigenvalue weighted by molar-refractivity contribution is 8.13. The van der Waals surface area contributed by atoms with Gasteiger partial charge in [0.1, 0.15) is 0 Å². The fourth-order valence-electron chi connectivity index (χ4n) is 3.23. The number of carbonyl (C=O) groups is 1. The Kier molecular flexibility index (Phi) is 3.89. The van der Waals surface area contributed by atoms with Gasteiger partial charge in [0.25, 0.3) is 9.05 Å². The molecule has 0 aliphatic heterocycles. The second kappa shape index (κ2) is 5.30. The summed E-state index contributed by atoms with van der Waals surface area (Å²) in [5.41, 5.74) is 0.234. The van der Waals surface area contributed by atoms with Crippen LogP contribution in [0.5, 0.6) is 0 Å². The molecule has 0 heterocycles. The lowest BCUT2D eigenvalue weighted by atomic mass is 10.1. The van der Waals surface area contributed by atoms with Crippen LogP contribution in [-0.4, -0.2) is 14.3 Å². The number of amides is 1. The summed E-state index contributed by atoms with van der Waals surface area (Å²) in [7, 11) is 1.33. The highest BCUT2D eigenvalue weighted by atomic mass is 35.7. The number of hydrogen-bond acceptors (Lipinski definition) is 3. The monoisotopic (exact) mass is 367 g/mol. The van der Waals surface area contributed by atoms with Crippen molar-refractivity contribution >= 4 is 54.5 Å². The van der Waals surface area contributed by atoms with Crippen molar-refractivity contribution < 1.29 is 13.2 Å². The van der Waals surface area contributed by atoms with Gasteiger partial charge in [-0.3, -0.25) is 4.79 Å². The molecule has 1 amide bonds. The van der Waals surface area contributed by atoms with E-state index in [2.05, 4.69) is 5.32 Å². The maximum Gasteiger partial charge on any atom is 0.261 e. The number of fused-ring (bicyclic) bond motifs is 1. The minimum absolute atomic E-state index is 0.0299. The molecule has 1 aromatic carbocycles. The standard InChI is InChI=1S/C13H12Cl3NO3S/c14-9-4-6(21(16,19)20)5-10(15)12(9)17-13(18)11-7-2-1-3-8(7)11/h4-5,7-8,11H,1-3H2,(H,17,18). The van der Waals surface area contributed by atoms with Gasteiger partial charge in [0.15, 0.2) is 0 Å². The quantitative estimate of drug-likeness (QED) is 0.823. The van der Waals surface area contributed by atoms with Crippen LogP contribution in [0, 0.1) is 17.8 Å². The number of hydrogen-bond donors (Lipinski definition) is 1. The van der Waals surface area contributed by atoms with Crippen LogP contribution in [0.2, 0.25) is 10.0 Å². The second-order valence-electron chi connectivity index (χ2n) is 5.47. The zero-order valence-corrected chi connectivity index (χ0v) is 13.9. The minimum atomic E-state index is -3.92. The Bertz CT molecular complexity index is 686. The van der Waals surface area contributed by atoms with Crippen molar-refractivity contribution in [2.45, 2.75) is 24.2 Å². The SMILES string of the molecule is O=C(Nc1c(Cl)cc(S(=O)(=O)Cl)cc1Cl)C1C2CCCC21. The molecule has 114 valence electrons. The number of halogens is 3. The van der Waals surface area contributed by atoms with Crippen LogP contribution >= 0.6 is 33.9 Å². The van der Waals surface area contributed by atoms with E-state index in [1.807, 2.05) is 0 Å². The topological polar surface area (TPSA) is 63.2 Å². The predicted octanol–water partition coefficient (Wildman–Crippen LogP) is 3.91. The molecular weight excluding hydrogens is 357 g/mol. The van der Waals surface area contributed by atoms with Crippen LogP contribution in [-0.2, 0) is 13.8 Å². The zero-order chi connectivity index (χ0) is 15.4. The molecule has 0 aromatic heterocycles. The summed E-state index contributed by atoms with van der Waals surface area (Å²) in [4.78, 5) is 12.0. The Hall–Kier alpha value is -0.490. The second-order valence-corrected chi connectivity index (χ2v) is 8.85. The lowest BCUT2D eigenvalue weighted by Gasteiger charge is -2.11. The van der Waals surface area contributed by atoms with Gasteiger partial charge in [-0.2, -0.15) is 0 Å². The third kappa shape index (κ3) is 2.89. The number of nitrogens with one attached hydrogen (secondary N) is 1. The lowest BCUT2D eigenvalue weighted by Crippen LogP contribution is -2.17. The number of rotatable bonds is 3. The van der Waals surface area contributed by atoms with E-state index in [1.54, 1.807) is 0 Å². The molecule has 2 fully saturated rings. The summed E-state index contributed by atoms with van der Waals surface area (Å²) >= 11 is 12.0. The molecule has 2 atom stereocenters. The number of benzene rings is 1. The Labute approximate surface area is 137 Å². The van der Waals surface area contributed by atoms with Crippen molar-refractivity contribution in [3.63, 3.8) is 0 Å². The highest BCUT2D eigenvalue weighted by Gasteiger charge is 2.56. The van der Waals surface area contributed by atoms with Gasteiger partial charge in [0.05, 0.1) is 20.6 Å². The highest BCUT2D eigenvalue weighted by Crippen LogP contribution is 2.57. The molecule has 1 aromatic rings. The fourth-order valence-corrected chi connectivity index (χ4v) is 4.72. The van der Waals surface area contributed by atoms with Gasteiger partial charge in [-0.1, -0.05) is 29.6 Å². The third-order valence-corrected chi connectivity index (χ3v) is 6.18. The van der Waals surface area contributed by atoms with Crippen LogP contribution in [0.15, 0.2) is 17.0 Å². The van der Waals surface area contributed by atoms with Gasteiger partial charge in [-0.25, -0.2) is 8.42 Å². The van der Waals surface area contributed by atoms with Crippen molar-refractivity contribution in [1.82, 2.24) is 0 Å². The fraction of sp³-hybridized carbons (Fsp3) is 0.462. The molecule has 0 spiro atoms. The van der Waals surface area contributed by atoms with E-state index in [-0.39, 0.29) is 32.5 Å². The first-order valence-corrected chi connectivity index (χ1v) is 9.60. The van der Waals surface area contributed by atoms with Crippen molar-refractivity contribution in [2.75, 3.05) is 5.32 Å². The van der Waals surface area contributed by atoms with E-state index < -0.39 is 9.05 Å². The first-order valence-electron chi connectivity index (χ1n) is 6.53. The van der Waals surface area contributed by atoms with Crippen molar-refractivity contribution in [3.8, 4) is 0 Å². The van der Waals surface area contributed by atoms with E-state index >= 15 is 0 Å². The molecule has 21 heavy (non-hydrogen) atoms. The lowest BCUT2D eigenvalue weighted by molar-refractivity contribution is -0.118. The summed E-state index contributed by atoms with van der Waals surface area (Å²) in [5.74, 6) is 0.882. The maximum absolute atomic E-state index is 12.2. The predicted molar refractivity (Wildman–Crippen MR) is 82.5 cm³/mol. The van der Waals surface area contributed by atoms with Gasteiger partial charge in [0, 0.05) is 16.6 Å². The smallest absolute Gasteiger partial charge is 0.261 e. The molecule has 2 aliphatic rings. The summed E-state index contributed by atoms with van der Waals surface area (Å²) in [6.07, 6.45) is 3.37. The van der Waals surface area contributed by atoms with Crippen molar-refractivity contribution in [2.24, 2.45) is 17.8 Å². The Balaban J connectivity index is 1.81. The Morgan fingerprint density at radius 3 is 2.14 bits per heavy atom. The number of anilines is 1. The van der Waals surface area contributed by atoms with Crippen LogP contribution in [0.3, 0.4) is 0 Å². The van der Waals surface area contributed by atoms with E-state index in [9.17, 15) is 13.2 Å². The first-order chi connectivity index (χ1) is 9.79. The summed E-state index contributed by atoms with van der Waals surface area (Å²) in [6.45, 7) is 0. The molecule has 2 saturated carbocycles. The van der Waals surface area contributed by atoms with Crippen LogP contribution in [0.25, 0.3) is 0 Å². The van der Waals surface area contributed by atoms with Gasteiger partial charge in [-0.05, 0) is 36.8 Å². The largest absolute Gasteiger partial charge is 0.323 e. The van der Waals surface area contributed by atoms with Crippen LogP contribution in [0.1, 0.15) is 19.3 Å². The molecule has 3 rings (SSSR count). The molecule has 0 bridgehead atoms. The zero-order valence-electron chi connectivity index (χ0n) is 10.8. The molecule has 2 unspecified atom stereocenters. The molecule has 8 heteroatoms. The summed E-state index contributed by atoms with van der Waals surface area (Å²) in [6, 6.07) is 2.36. The Morgan fingerprint density at radius 2 is 1.67 bits per heavy atom. The average molecular weight is 369 g/mol. The van der Waals surface area contributed by atoms with E-state index in [4.69, 9.17) is 33.9 Å². The number of carbonyl (C=O) groups excluding carboxylic acids is 1. The molecular formula is C13H12Cl3NO3S.